The van der Waals surface area contributed by atoms with Gasteiger partial charge in [-0.05, 0) is 24.0 Å². The molecule has 0 aliphatic heterocycles. The van der Waals surface area contributed by atoms with Crippen LogP contribution in [0.2, 0.25) is 0 Å². The van der Waals surface area contributed by atoms with Gasteiger partial charge in [-0.25, -0.2) is 4.79 Å². The van der Waals surface area contributed by atoms with Crippen LogP contribution in [0.15, 0.2) is 18.2 Å². The van der Waals surface area contributed by atoms with Crippen molar-refractivity contribution in [2.45, 2.75) is 20.8 Å². The number of anilines is 1. The first-order valence-electron chi connectivity index (χ1n) is 6.08. The maximum absolute atomic E-state index is 11.0. The number of hydrogen-bond donors (Lipinski definition) is 2. The predicted octanol–water partition coefficient (Wildman–Crippen LogP) is 3.00. The van der Waals surface area contributed by atoms with Gasteiger partial charge in [0.15, 0.2) is 0 Å². The summed E-state index contributed by atoms with van der Waals surface area (Å²) in [5, 5.41) is 22.8. The summed E-state index contributed by atoms with van der Waals surface area (Å²) in [5.41, 5.74) is -0.113. The molecule has 6 heteroatoms. The van der Waals surface area contributed by atoms with Crippen LogP contribution in [0.25, 0.3) is 0 Å². The van der Waals surface area contributed by atoms with Crippen LogP contribution in [0.5, 0.6) is 0 Å². The van der Waals surface area contributed by atoms with Gasteiger partial charge in [-0.1, -0.05) is 20.8 Å². The lowest BCUT2D eigenvalue weighted by Crippen LogP contribution is -2.16. The van der Waals surface area contributed by atoms with Crippen molar-refractivity contribution in [2.75, 3.05) is 11.9 Å². The number of benzene rings is 1. The average Bonchev–Trinajstić information content (AvgIpc) is 2.35. The van der Waals surface area contributed by atoms with Crippen molar-refractivity contribution in [3.8, 4) is 0 Å². The number of carboxylic acid groups (broad SMARTS) is 1. The van der Waals surface area contributed by atoms with Gasteiger partial charge in [0.25, 0.3) is 5.69 Å². The summed E-state index contributed by atoms with van der Waals surface area (Å²) in [6.07, 6.45) is 0. The fourth-order valence-electron chi connectivity index (χ4n) is 1.49. The first-order chi connectivity index (χ1) is 8.82. The summed E-state index contributed by atoms with van der Waals surface area (Å²) >= 11 is 0. The van der Waals surface area contributed by atoms with Gasteiger partial charge in [0.2, 0.25) is 0 Å². The number of nitro benzene ring substituents is 1. The summed E-state index contributed by atoms with van der Waals surface area (Å²) in [7, 11) is 0. The van der Waals surface area contributed by atoms with Gasteiger partial charge in [-0.3, -0.25) is 10.1 Å². The standard InChI is InChI=1S/C13H18N2O4/c1-8(2)9(3)7-14-10-4-5-12(15(18)19)11(6-10)13(16)17/h4-6,8-9,14H,7H2,1-3H3,(H,16,17). The Hall–Kier alpha value is -2.11. The lowest BCUT2D eigenvalue weighted by molar-refractivity contribution is -0.385. The molecule has 1 aromatic rings. The van der Waals surface area contributed by atoms with E-state index < -0.39 is 16.6 Å². The smallest absolute Gasteiger partial charge is 0.342 e. The van der Waals surface area contributed by atoms with Crippen LogP contribution in [-0.2, 0) is 0 Å². The molecule has 0 aromatic heterocycles. The van der Waals surface area contributed by atoms with Gasteiger partial charge in [-0.15, -0.1) is 0 Å². The van der Waals surface area contributed by atoms with E-state index in [1.165, 1.54) is 18.2 Å². The van der Waals surface area contributed by atoms with Crippen LogP contribution < -0.4 is 5.32 Å². The molecule has 19 heavy (non-hydrogen) atoms. The Balaban J connectivity index is 2.90. The van der Waals surface area contributed by atoms with E-state index in [9.17, 15) is 14.9 Å². The van der Waals surface area contributed by atoms with Crippen molar-refractivity contribution < 1.29 is 14.8 Å². The summed E-state index contributed by atoms with van der Waals surface area (Å²) in [6, 6.07) is 4.04. The minimum atomic E-state index is -1.30. The van der Waals surface area contributed by atoms with Gasteiger partial charge in [-0.2, -0.15) is 0 Å². The molecule has 0 aliphatic carbocycles. The van der Waals surface area contributed by atoms with Crippen LogP contribution in [0, 0.1) is 22.0 Å². The van der Waals surface area contributed by atoms with Crippen molar-refractivity contribution in [1.82, 2.24) is 0 Å². The second kappa shape index (κ2) is 6.17. The highest BCUT2D eigenvalue weighted by atomic mass is 16.6. The number of nitrogens with zero attached hydrogens (tertiary/aromatic N) is 1. The van der Waals surface area contributed by atoms with E-state index in [-0.39, 0.29) is 5.56 Å². The number of aromatic carboxylic acids is 1. The first kappa shape index (κ1) is 14.9. The zero-order valence-electron chi connectivity index (χ0n) is 11.2. The molecule has 0 bridgehead atoms. The Kier molecular flexibility index (Phi) is 4.86. The molecule has 0 spiro atoms. The molecule has 6 nitrogen and oxygen atoms in total. The number of rotatable bonds is 6. The quantitative estimate of drug-likeness (QED) is 0.610. The summed E-state index contributed by atoms with van der Waals surface area (Å²) in [4.78, 5) is 21.0. The van der Waals surface area contributed by atoms with E-state index in [2.05, 4.69) is 26.1 Å². The maximum Gasteiger partial charge on any atom is 0.342 e. The molecule has 1 rings (SSSR count). The molecule has 0 saturated heterocycles. The van der Waals surface area contributed by atoms with Crippen molar-refractivity contribution in [2.24, 2.45) is 11.8 Å². The molecule has 0 aliphatic rings. The zero-order valence-corrected chi connectivity index (χ0v) is 11.2. The van der Waals surface area contributed by atoms with Gasteiger partial charge in [0.05, 0.1) is 4.92 Å². The Labute approximate surface area is 111 Å². The third kappa shape index (κ3) is 3.94. The highest BCUT2D eigenvalue weighted by Gasteiger charge is 2.20. The Morgan fingerprint density at radius 1 is 1.42 bits per heavy atom. The molecular weight excluding hydrogens is 248 g/mol. The molecule has 0 saturated carbocycles. The fraction of sp³-hybridized carbons (Fsp3) is 0.462. The molecule has 0 heterocycles. The van der Waals surface area contributed by atoms with Crippen LogP contribution >= 0.6 is 0 Å². The number of nitro groups is 1. The Morgan fingerprint density at radius 2 is 2.05 bits per heavy atom. The van der Waals surface area contributed by atoms with Gasteiger partial charge < -0.3 is 10.4 Å². The summed E-state index contributed by atoms with van der Waals surface area (Å²) in [5.74, 6) is -0.375. The molecule has 104 valence electrons. The third-order valence-electron chi connectivity index (χ3n) is 3.19. The van der Waals surface area contributed by atoms with Crippen LogP contribution in [-0.4, -0.2) is 22.5 Å². The highest BCUT2D eigenvalue weighted by molar-refractivity contribution is 5.93. The molecule has 1 atom stereocenters. The van der Waals surface area contributed by atoms with Crippen molar-refractivity contribution >= 4 is 17.3 Å². The second-order valence-corrected chi connectivity index (χ2v) is 4.90. The van der Waals surface area contributed by atoms with Gasteiger partial charge in [0.1, 0.15) is 5.56 Å². The average molecular weight is 266 g/mol. The molecule has 2 N–H and O–H groups in total. The number of hydrogen-bond acceptors (Lipinski definition) is 4. The summed E-state index contributed by atoms with van der Waals surface area (Å²) in [6.45, 7) is 6.98. The predicted molar refractivity (Wildman–Crippen MR) is 72.5 cm³/mol. The Morgan fingerprint density at radius 3 is 2.53 bits per heavy atom. The van der Waals surface area contributed by atoms with E-state index in [0.717, 1.165) is 0 Å². The minimum Gasteiger partial charge on any atom is -0.477 e. The van der Waals surface area contributed by atoms with Gasteiger partial charge in [0, 0.05) is 18.3 Å². The van der Waals surface area contributed by atoms with Crippen LogP contribution in [0.4, 0.5) is 11.4 Å². The zero-order chi connectivity index (χ0) is 14.6. The third-order valence-corrected chi connectivity index (χ3v) is 3.19. The largest absolute Gasteiger partial charge is 0.477 e. The molecule has 1 unspecified atom stereocenters. The number of nitrogens with one attached hydrogen (secondary N) is 1. The molecule has 0 radical (unpaired) electrons. The maximum atomic E-state index is 11.0. The number of carbonyl (C=O) groups is 1. The van der Waals surface area contributed by atoms with E-state index in [1.54, 1.807) is 0 Å². The molecular formula is C13H18N2O4. The second-order valence-electron chi connectivity index (χ2n) is 4.90. The van der Waals surface area contributed by atoms with E-state index >= 15 is 0 Å². The topological polar surface area (TPSA) is 92.5 Å². The molecule has 0 amide bonds. The van der Waals surface area contributed by atoms with Crippen LogP contribution in [0.3, 0.4) is 0 Å². The van der Waals surface area contributed by atoms with Crippen molar-refractivity contribution in [1.29, 1.82) is 0 Å². The molecule has 1 aromatic carbocycles. The highest BCUT2D eigenvalue weighted by Crippen LogP contribution is 2.23. The van der Waals surface area contributed by atoms with Crippen molar-refractivity contribution in [3.63, 3.8) is 0 Å². The Bertz CT molecular complexity index is 486. The van der Waals surface area contributed by atoms with Crippen LogP contribution in [0.1, 0.15) is 31.1 Å². The monoisotopic (exact) mass is 266 g/mol. The molecule has 0 fully saturated rings. The van der Waals surface area contributed by atoms with E-state index in [4.69, 9.17) is 5.11 Å². The minimum absolute atomic E-state index is 0.299. The number of carboxylic acids is 1. The normalized spacial score (nSPS) is 12.2. The van der Waals surface area contributed by atoms with Gasteiger partial charge >= 0.3 is 5.97 Å². The summed E-state index contributed by atoms with van der Waals surface area (Å²) < 4.78 is 0. The lowest BCUT2D eigenvalue weighted by atomic mass is 9.98. The van der Waals surface area contributed by atoms with E-state index in [0.29, 0.717) is 24.1 Å². The first-order valence-corrected chi connectivity index (χ1v) is 6.08. The van der Waals surface area contributed by atoms with E-state index in [1.807, 2.05) is 0 Å². The lowest BCUT2D eigenvalue weighted by Gasteiger charge is -2.17. The van der Waals surface area contributed by atoms with Crippen molar-refractivity contribution in [3.05, 3.63) is 33.9 Å². The SMILES string of the molecule is CC(C)C(C)CNc1ccc([N+](=O)[O-])c(C(=O)O)c1. The fourth-order valence-corrected chi connectivity index (χ4v) is 1.49.